The Bertz CT molecular complexity index is 701. The van der Waals surface area contributed by atoms with E-state index in [0.29, 0.717) is 5.56 Å². The summed E-state index contributed by atoms with van der Waals surface area (Å²) in [4.78, 5) is 13.2. The smallest absolute Gasteiger partial charge is 0.270 e. The number of carbonyl (C=O) groups is 1. The zero-order valence-electron chi connectivity index (χ0n) is 10.5. The van der Waals surface area contributed by atoms with Crippen LogP contribution in [0.25, 0.3) is 0 Å². The molecular formula is C12H10FN5O2. The number of nitrogens with zero attached hydrogens (tertiary/aromatic N) is 4. The van der Waals surface area contributed by atoms with Crippen LogP contribution in [0.1, 0.15) is 15.9 Å². The Balaban J connectivity index is 2.30. The first-order valence-corrected chi connectivity index (χ1v) is 5.55. The van der Waals surface area contributed by atoms with Gasteiger partial charge in [0.25, 0.3) is 11.9 Å². The molecule has 0 unspecified atom stereocenters. The van der Waals surface area contributed by atoms with Gasteiger partial charge in [0.2, 0.25) is 0 Å². The van der Waals surface area contributed by atoms with Crippen molar-refractivity contribution in [2.24, 2.45) is 7.05 Å². The van der Waals surface area contributed by atoms with Crippen molar-refractivity contribution in [3.05, 3.63) is 35.1 Å². The summed E-state index contributed by atoms with van der Waals surface area (Å²) >= 11 is 0. The van der Waals surface area contributed by atoms with Crippen molar-refractivity contribution in [3.8, 4) is 11.8 Å². The van der Waals surface area contributed by atoms with Crippen molar-refractivity contribution in [1.82, 2.24) is 20.2 Å². The van der Waals surface area contributed by atoms with Crippen LogP contribution in [-0.4, -0.2) is 37.8 Å². The number of hydrogen-bond donors (Lipinski definition) is 2. The summed E-state index contributed by atoms with van der Waals surface area (Å²) in [5.41, 5.74) is 0.320. The molecule has 0 bridgehead atoms. The summed E-state index contributed by atoms with van der Waals surface area (Å²) < 4.78 is 13.2. The molecule has 1 aromatic carbocycles. The number of amides is 1. The van der Waals surface area contributed by atoms with Crippen molar-refractivity contribution in [2.45, 2.75) is 0 Å². The van der Waals surface area contributed by atoms with Gasteiger partial charge in [0, 0.05) is 5.56 Å². The lowest BCUT2D eigenvalue weighted by atomic mass is 10.1. The van der Waals surface area contributed by atoms with Crippen molar-refractivity contribution in [3.63, 3.8) is 0 Å². The fourth-order valence-electron chi connectivity index (χ4n) is 1.45. The van der Waals surface area contributed by atoms with Crippen LogP contribution in [-0.2, 0) is 7.05 Å². The van der Waals surface area contributed by atoms with Gasteiger partial charge in [0.15, 0.2) is 0 Å². The molecule has 2 rings (SSSR count). The average Bonchev–Trinajstić information content (AvgIpc) is 2.82. The predicted octanol–water partition coefficient (Wildman–Crippen LogP) is -0.0547. The largest absolute Gasteiger partial charge is 0.384 e. The van der Waals surface area contributed by atoms with E-state index in [1.165, 1.54) is 16.9 Å². The summed E-state index contributed by atoms with van der Waals surface area (Å²) in [6.07, 6.45) is 0. The van der Waals surface area contributed by atoms with E-state index in [1.54, 1.807) is 7.05 Å². The van der Waals surface area contributed by atoms with E-state index in [9.17, 15) is 9.18 Å². The number of tetrazole rings is 1. The van der Waals surface area contributed by atoms with Gasteiger partial charge in [-0.25, -0.2) is 4.39 Å². The molecule has 8 heteroatoms. The second kappa shape index (κ2) is 5.90. The third-order valence-corrected chi connectivity index (χ3v) is 2.26. The van der Waals surface area contributed by atoms with Crippen LogP contribution in [0.2, 0.25) is 0 Å². The Morgan fingerprint density at radius 3 is 3.00 bits per heavy atom. The number of aliphatic hydroxyl groups excluding tert-OH is 1. The molecule has 20 heavy (non-hydrogen) atoms. The van der Waals surface area contributed by atoms with E-state index >= 15 is 0 Å². The molecule has 0 atom stereocenters. The van der Waals surface area contributed by atoms with Crippen LogP contribution < -0.4 is 5.32 Å². The van der Waals surface area contributed by atoms with E-state index in [4.69, 9.17) is 5.11 Å². The van der Waals surface area contributed by atoms with Crippen molar-refractivity contribution in [2.75, 3.05) is 11.9 Å². The van der Waals surface area contributed by atoms with Crippen molar-refractivity contribution < 1.29 is 14.3 Å². The molecular weight excluding hydrogens is 265 g/mol. The molecule has 0 aliphatic rings. The molecule has 1 aromatic heterocycles. The second-order valence-electron chi connectivity index (χ2n) is 3.71. The summed E-state index contributed by atoms with van der Waals surface area (Å²) in [7, 11) is 1.54. The van der Waals surface area contributed by atoms with Gasteiger partial charge in [-0.2, -0.15) is 4.80 Å². The van der Waals surface area contributed by atoms with Crippen LogP contribution >= 0.6 is 0 Å². The van der Waals surface area contributed by atoms with Gasteiger partial charge in [-0.3, -0.25) is 10.1 Å². The molecule has 7 nitrogen and oxygen atoms in total. The predicted molar refractivity (Wildman–Crippen MR) is 67.1 cm³/mol. The second-order valence-corrected chi connectivity index (χ2v) is 3.71. The first-order chi connectivity index (χ1) is 9.60. The van der Waals surface area contributed by atoms with Crippen LogP contribution in [0, 0.1) is 17.7 Å². The molecule has 0 aliphatic heterocycles. The normalized spacial score (nSPS) is 9.75. The van der Waals surface area contributed by atoms with Gasteiger partial charge < -0.3 is 5.11 Å². The fraction of sp³-hybridized carbons (Fsp3) is 0.167. The fourth-order valence-corrected chi connectivity index (χ4v) is 1.45. The Kier molecular flexibility index (Phi) is 4.02. The molecule has 0 aliphatic carbocycles. The summed E-state index contributed by atoms with van der Waals surface area (Å²) in [5, 5.41) is 22.0. The van der Waals surface area contributed by atoms with Crippen LogP contribution in [0.5, 0.6) is 0 Å². The number of halogens is 1. The van der Waals surface area contributed by atoms with Gasteiger partial charge in [-0.05, 0) is 23.4 Å². The zero-order chi connectivity index (χ0) is 14.5. The van der Waals surface area contributed by atoms with Crippen LogP contribution in [0.4, 0.5) is 10.3 Å². The maximum absolute atomic E-state index is 13.2. The van der Waals surface area contributed by atoms with Crippen LogP contribution in [0.15, 0.2) is 18.2 Å². The summed E-state index contributed by atoms with van der Waals surface area (Å²) in [6.45, 7) is -0.357. The number of anilines is 1. The Morgan fingerprint density at radius 2 is 2.35 bits per heavy atom. The third-order valence-electron chi connectivity index (χ3n) is 2.26. The van der Waals surface area contributed by atoms with Gasteiger partial charge >= 0.3 is 0 Å². The monoisotopic (exact) mass is 275 g/mol. The highest BCUT2D eigenvalue weighted by molar-refractivity contribution is 6.05. The van der Waals surface area contributed by atoms with Gasteiger partial charge in [0.05, 0.1) is 12.6 Å². The number of aromatic nitrogens is 4. The molecule has 1 amide bonds. The van der Waals surface area contributed by atoms with Crippen LogP contribution in [0.3, 0.4) is 0 Å². The van der Waals surface area contributed by atoms with Crippen molar-refractivity contribution >= 4 is 11.9 Å². The molecule has 2 aromatic rings. The highest BCUT2D eigenvalue weighted by atomic mass is 19.1. The highest BCUT2D eigenvalue weighted by Gasteiger charge is 2.14. The molecule has 2 N–H and O–H groups in total. The van der Waals surface area contributed by atoms with E-state index in [1.807, 2.05) is 0 Å². The quantitative estimate of drug-likeness (QED) is 0.749. The number of nitrogens with one attached hydrogen (secondary N) is 1. The maximum Gasteiger partial charge on any atom is 0.270 e. The van der Waals surface area contributed by atoms with E-state index < -0.39 is 11.7 Å². The average molecular weight is 275 g/mol. The van der Waals surface area contributed by atoms with E-state index in [-0.39, 0.29) is 18.1 Å². The standard InChI is InChI=1S/C12H10FN5O2/c1-18-16-12(15-17-18)14-11(20)10-7-9(13)5-4-8(10)3-2-6-19/h4-5,7,19H,6H2,1H3,(H,14,16,20). The molecule has 102 valence electrons. The molecule has 1 heterocycles. The zero-order valence-corrected chi connectivity index (χ0v) is 10.5. The van der Waals surface area contributed by atoms with E-state index in [0.717, 1.165) is 6.07 Å². The lowest BCUT2D eigenvalue weighted by Crippen LogP contribution is -2.15. The summed E-state index contributed by atoms with van der Waals surface area (Å²) in [6, 6.07) is 3.59. The number of aliphatic hydroxyl groups is 1. The molecule has 0 saturated carbocycles. The lowest BCUT2D eigenvalue weighted by molar-refractivity contribution is 0.102. The van der Waals surface area contributed by atoms with Gasteiger partial charge in [-0.15, -0.1) is 5.10 Å². The number of hydrogen-bond acceptors (Lipinski definition) is 5. The van der Waals surface area contributed by atoms with Crippen molar-refractivity contribution in [1.29, 1.82) is 0 Å². The first kappa shape index (κ1) is 13.6. The molecule has 0 spiro atoms. The molecule has 0 saturated heterocycles. The Morgan fingerprint density at radius 1 is 1.55 bits per heavy atom. The van der Waals surface area contributed by atoms with Gasteiger partial charge in [-0.1, -0.05) is 16.9 Å². The SMILES string of the molecule is Cn1nnc(NC(=O)c2cc(F)ccc2C#CCO)n1. The topological polar surface area (TPSA) is 92.9 Å². The number of carbonyl (C=O) groups excluding carboxylic acids is 1. The number of rotatable bonds is 2. The molecule has 0 fully saturated rings. The Hall–Kier alpha value is -2.79. The minimum Gasteiger partial charge on any atom is -0.384 e. The minimum atomic E-state index is -0.611. The van der Waals surface area contributed by atoms with Gasteiger partial charge in [0.1, 0.15) is 12.4 Å². The number of aryl methyl sites for hydroxylation is 1. The highest BCUT2D eigenvalue weighted by Crippen LogP contribution is 2.12. The summed E-state index contributed by atoms with van der Waals surface area (Å²) in [5.74, 6) is 3.79. The lowest BCUT2D eigenvalue weighted by Gasteiger charge is -2.04. The third kappa shape index (κ3) is 3.15. The minimum absolute atomic E-state index is 0.00262. The maximum atomic E-state index is 13.2. The Labute approximate surface area is 113 Å². The van der Waals surface area contributed by atoms with E-state index in [2.05, 4.69) is 32.6 Å². The number of benzene rings is 1. The molecule has 0 radical (unpaired) electrons. The first-order valence-electron chi connectivity index (χ1n) is 5.55.